The van der Waals surface area contributed by atoms with Crippen molar-refractivity contribution >= 4 is 11.5 Å². The van der Waals surface area contributed by atoms with Gasteiger partial charge >= 0.3 is 0 Å². The molecule has 0 aliphatic carbocycles. The van der Waals surface area contributed by atoms with Crippen LogP contribution in [0.3, 0.4) is 0 Å². The molecule has 0 aliphatic heterocycles. The minimum absolute atomic E-state index is 0.0104. The quantitative estimate of drug-likeness (QED) is 0.465. The maximum absolute atomic E-state index is 5.29. The fourth-order valence-corrected chi connectivity index (χ4v) is 5.15. The van der Waals surface area contributed by atoms with Crippen molar-refractivity contribution in [3.8, 4) is 0 Å². The van der Waals surface area contributed by atoms with E-state index in [1.807, 2.05) is 10.7 Å². The Bertz CT molecular complexity index is 934. The van der Waals surface area contributed by atoms with Crippen LogP contribution in [0.2, 0.25) is 0 Å². The summed E-state index contributed by atoms with van der Waals surface area (Å²) in [6.07, 6.45) is 5.22. The standard InChI is InChI=1S/C29H52N4/c1-25(2,3)18-20(26(4,5)6)23(28(10,11)12)33(29(13,14)15)22-16-17-32-24(31-22)21(19-30-32)27(7,8)9/h16-17,19-20,23H,18H2,1-15H3. The molecule has 0 aliphatic rings. The normalized spacial score (nSPS) is 16.2. The Morgan fingerprint density at radius 2 is 1.36 bits per heavy atom. The van der Waals surface area contributed by atoms with Crippen molar-refractivity contribution in [3.63, 3.8) is 0 Å². The van der Waals surface area contributed by atoms with E-state index in [4.69, 9.17) is 4.98 Å². The van der Waals surface area contributed by atoms with Gasteiger partial charge in [-0.2, -0.15) is 5.10 Å². The fraction of sp³-hybridized carbons (Fsp3) is 0.793. The molecule has 188 valence electrons. The molecule has 0 saturated heterocycles. The first kappa shape index (κ1) is 27.7. The van der Waals surface area contributed by atoms with Crippen molar-refractivity contribution in [1.29, 1.82) is 0 Å². The maximum Gasteiger partial charge on any atom is 0.161 e. The lowest BCUT2D eigenvalue weighted by molar-refractivity contribution is 0.0721. The molecule has 0 bridgehead atoms. The van der Waals surface area contributed by atoms with Gasteiger partial charge in [-0.3, -0.25) is 0 Å². The monoisotopic (exact) mass is 456 g/mol. The summed E-state index contributed by atoms with van der Waals surface area (Å²) in [6, 6.07) is 2.47. The Morgan fingerprint density at radius 1 is 0.818 bits per heavy atom. The fourth-order valence-electron chi connectivity index (χ4n) is 5.15. The average molecular weight is 457 g/mol. The van der Waals surface area contributed by atoms with E-state index in [-0.39, 0.29) is 27.2 Å². The van der Waals surface area contributed by atoms with Crippen LogP contribution in [0, 0.1) is 22.2 Å². The third-order valence-corrected chi connectivity index (χ3v) is 6.62. The summed E-state index contributed by atoms with van der Waals surface area (Å²) in [5.41, 5.74) is 2.52. The zero-order chi connectivity index (χ0) is 25.8. The lowest BCUT2D eigenvalue weighted by Crippen LogP contribution is -2.59. The van der Waals surface area contributed by atoms with Crippen LogP contribution in [0.5, 0.6) is 0 Å². The summed E-state index contributed by atoms with van der Waals surface area (Å²) in [5.74, 6) is 1.53. The van der Waals surface area contributed by atoms with Crippen molar-refractivity contribution < 1.29 is 0 Å². The third kappa shape index (κ3) is 6.51. The van der Waals surface area contributed by atoms with Gasteiger partial charge in [0.25, 0.3) is 0 Å². The number of nitrogens with zero attached hydrogens (tertiary/aromatic N) is 4. The Kier molecular flexibility index (Phi) is 7.19. The highest BCUT2D eigenvalue weighted by molar-refractivity contribution is 5.56. The molecule has 2 atom stereocenters. The summed E-state index contributed by atoms with van der Waals surface area (Å²) < 4.78 is 1.92. The van der Waals surface area contributed by atoms with Gasteiger partial charge in [0.2, 0.25) is 0 Å². The molecule has 2 aromatic heterocycles. The van der Waals surface area contributed by atoms with E-state index in [1.54, 1.807) is 0 Å². The van der Waals surface area contributed by atoms with Crippen LogP contribution in [0.1, 0.15) is 116 Å². The van der Waals surface area contributed by atoms with E-state index in [1.165, 1.54) is 5.56 Å². The molecule has 2 aromatic rings. The highest BCUT2D eigenvalue weighted by Gasteiger charge is 2.47. The topological polar surface area (TPSA) is 33.4 Å². The number of hydrogen-bond donors (Lipinski definition) is 0. The van der Waals surface area contributed by atoms with Gasteiger partial charge < -0.3 is 4.90 Å². The lowest BCUT2D eigenvalue weighted by atomic mass is 9.62. The van der Waals surface area contributed by atoms with Crippen LogP contribution < -0.4 is 4.90 Å². The molecule has 0 amide bonds. The Hall–Kier alpha value is -1.58. The molecule has 2 heterocycles. The molecule has 33 heavy (non-hydrogen) atoms. The third-order valence-electron chi connectivity index (χ3n) is 6.62. The Balaban J connectivity index is 2.82. The molecule has 0 fully saturated rings. The number of aromatic nitrogens is 3. The van der Waals surface area contributed by atoms with Crippen LogP contribution >= 0.6 is 0 Å². The molecule has 4 nitrogen and oxygen atoms in total. The molecule has 0 radical (unpaired) electrons. The molecule has 4 heteroatoms. The van der Waals surface area contributed by atoms with E-state index in [0.29, 0.717) is 12.0 Å². The predicted molar refractivity (Wildman–Crippen MR) is 144 cm³/mol. The molecule has 2 rings (SSSR count). The van der Waals surface area contributed by atoms with Crippen LogP contribution in [-0.2, 0) is 5.41 Å². The molecule has 0 spiro atoms. The second-order valence-corrected chi connectivity index (χ2v) is 15.5. The van der Waals surface area contributed by atoms with E-state index in [0.717, 1.165) is 17.9 Å². The smallest absolute Gasteiger partial charge is 0.161 e. The zero-order valence-corrected chi connectivity index (χ0v) is 24.4. The van der Waals surface area contributed by atoms with Crippen molar-refractivity contribution in [1.82, 2.24) is 14.6 Å². The molecule has 2 unspecified atom stereocenters. The van der Waals surface area contributed by atoms with E-state index >= 15 is 0 Å². The minimum Gasteiger partial charge on any atom is -0.348 e. The van der Waals surface area contributed by atoms with Crippen molar-refractivity contribution in [2.24, 2.45) is 22.2 Å². The van der Waals surface area contributed by atoms with Crippen molar-refractivity contribution in [2.75, 3.05) is 4.90 Å². The van der Waals surface area contributed by atoms with Gasteiger partial charge in [0.1, 0.15) is 5.82 Å². The summed E-state index contributed by atoms with van der Waals surface area (Å²) in [6.45, 7) is 35.2. The second kappa shape index (κ2) is 8.57. The van der Waals surface area contributed by atoms with E-state index < -0.39 is 0 Å². The van der Waals surface area contributed by atoms with Gasteiger partial charge in [-0.15, -0.1) is 0 Å². The molecule has 0 N–H and O–H groups in total. The predicted octanol–water partition coefficient (Wildman–Crippen LogP) is 8.14. The summed E-state index contributed by atoms with van der Waals surface area (Å²) in [7, 11) is 0. The second-order valence-electron chi connectivity index (χ2n) is 15.5. The first-order chi connectivity index (χ1) is 14.5. The summed E-state index contributed by atoms with van der Waals surface area (Å²) in [5, 5.41) is 4.60. The molecule has 0 aromatic carbocycles. The number of hydrogen-bond acceptors (Lipinski definition) is 3. The largest absolute Gasteiger partial charge is 0.348 e. The maximum atomic E-state index is 5.29. The molecular weight excluding hydrogens is 404 g/mol. The first-order valence-electron chi connectivity index (χ1n) is 12.7. The summed E-state index contributed by atoms with van der Waals surface area (Å²) >= 11 is 0. The zero-order valence-electron chi connectivity index (χ0n) is 24.4. The van der Waals surface area contributed by atoms with Crippen molar-refractivity contribution in [2.45, 2.75) is 127 Å². The van der Waals surface area contributed by atoms with Gasteiger partial charge in [0.15, 0.2) is 5.65 Å². The van der Waals surface area contributed by atoms with Gasteiger partial charge in [-0.05, 0) is 60.8 Å². The highest BCUT2D eigenvalue weighted by atomic mass is 15.3. The molecule has 0 saturated carbocycles. The number of rotatable bonds is 4. The van der Waals surface area contributed by atoms with E-state index in [2.05, 4.69) is 126 Å². The Labute approximate surface area is 204 Å². The minimum atomic E-state index is -0.0907. The lowest BCUT2D eigenvalue weighted by Gasteiger charge is -2.55. The average Bonchev–Trinajstić information content (AvgIpc) is 2.97. The Morgan fingerprint density at radius 3 is 1.76 bits per heavy atom. The van der Waals surface area contributed by atoms with E-state index in [9.17, 15) is 0 Å². The van der Waals surface area contributed by atoms with Gasteiger partial charge in [0.05, 0.1) is 6.20 Å². The highest BCUT2D eigenvalue weighted by Crippen LogP contribution is 2.48. The number of anilines is 1. The summed E-state index contributed by atoms with van der Waals surface area (Å²) in [4.78, 5) is 7.91. The SMILES string of the molecule is CC(C)(C)CC(C(N(c1ccn2ncc(C(C)(C)C)c2n1)C(C)(C)C)C(C)(C)C)C(C)(C)C. The first-order valence-corrected chi connectivity index (χ1v) is 12.7. The van der Waals surface area contributed by atoms with Gasteiger partial charge in [-0.25, -0.2) is 9.50 Å². The number of fused-ring (bicyclic) bond motifs is 1. The van der Waals surface area contributed by atoms with Gasteiger partial charge in [0, 0.05) is 23.3 Å². The van der Waals surface area contributed by atoms with Crippen LogP contribution in [0.25, 0.3) is 5.65 Å². The van der Waals surface area contributed by atoms with Crippen molar-refractivity contribution in [3.05, 3.63) is 24.0 Å². The van der Waals surface area contributed by atoms with Crippen LogP contribution in [-0.4, -0.2) is 26.2 Å². The van der Waals surface area contributed by atoms with Crippen LogP contribution in [0.15, 0.2) is 18.5 Å². The van der Waals surface area contributed by atoms with Crippen LogP contribution in [0.4, 0.5) is 5.82 Å². The van der Waals surface area contributed by atoms with Gasteiger partial charge in [-0.1, -0.05) is 83.1 Å². The molecular formula is C29H52N4.